The molecular formula is C23H22ClN3O5. The number of nitrogens with zero attached hydrogens (tertiary/aromatic N) is 1. The van der Waals surface area contributed by atoms with Gasteiger partial charge in [-0.2, -0.15) is 0 Å². The van der Waals surface area contributed by atoms with Gasteiger partial charge in [-0.15, -0.1) is 0 Å². The number of aromatic hydroxyl groups is 1. The van der Waals surface area contributed by atoms with Crippen LogP contribution in [0.2, 0.25) is 5.02 Å². The molecule has 3 aliphatic heterocycles. The molecule has 3 heterocycles. The number of phenolic OH excluding ortho intramolecular Hbond substituents is 1. The molecule has 3 N–H and O–H groups in total. The van der Waals surface area contributed by atoms with Crippen molar-refractivity contribution in [2.75, 3.05) is 25.6 Å². The molecule has 2 aromatic carbocycles. The fourth-order valence-electron chi connectivity index (χ4n) is 5.30. The summed E-state index contributed by atoms with van der Waals surface area (Å²) in [7, 11) is 1.51. The zero-order valence-corrected chi connectivity index (χ0v) is 18.1. The van der Waals surface area contributed by atoms with Crippen molar-refractivity contribution in [1.82, 2.24) is 10.2 Å². The highest BCUT2D eigenvalue weighted by atomic mass is 35.5. The Labute approximate surface area is 189 Å². The van der Waals surface area contributed by atoms with Gasteiger partial charge in [-0.1, -0.05) is 23.7 Å². The number of methoxy groups -OCH3 is 1. The van der Waals surface area contributed by atoms with Gasteiger partial charge in [-0.3, -0.25) is 24.6 Å². The Morgan fingerprint density at radius 2 is 1.88 bits per heavy atom. The maximum absolute atomic E-state index is 13.5. The number of nitrogens with one attached hydrogen (secondary N) is 2. The first-order valence-electron chi connectivity index (χ1n) is 10.4. The molecule has 3 amide bonds. The molecular weight excluding hydrogens is 434 g/mol. The SMILES string of the molecule is COCCN1C(=O)[C@@H]2[C@H](Cc3ccc(O)cc3)N[C@@]3(C(=O)Nc4ccc(Cl)cc43)[C@@H]2C1=O. The van der Waals surface area contributed by atoms with E-state index in [0.717, 1.165) is 5.56 Å². The lowest BCUT2D eigenvalue weighted by atomic mass is 9.76. The minimum absolute atomic E-state index is 0.132. The van der Waals surface area contributed by atoms with Gasteiger partial charge in [0.1, 0.15) is 11.3 Å². The predicted octanol–water partition coefficient (Wildman–Crippen LogP) is 1.66. The van der Waals surface area contributed by atoms with Crippen LogP contribution in [0.5, 0.6) is 5.75 Å². The molecule has 9 heteroatoms. The maximum atomic E-state index is 13.5. The van der Waals surface area contributed by atoms with Gasteiger partial charge in [-0.05, 0) is 42.3 Å². The van der Waals surface area contributed by atoms with E-state index >= 15 is 0 Å². The Kier molecular flexibility index (Phi) is 4.96. The number of anilines is 1. The summed E-state index contributed by atoms with van der Waals surface area (Å²) in [6.07, 6.45) is 0.406. The van der Waals surface area contributed by atoms with Gasteiger partial charge in [0.25, 0.3) is 0 Å². The first kappa shape index (κ1) is 20.9. The fourth-order valence-corrected chi connectivity index (χ4v) is 5.47. The first-order chi connectivity index (χ1) is 15.4. The molecule has 0 aromatic heterocycles. The molecule has 5 rings (SSSR count). The second-order valence-corrected chi connectivity index (χ2v) is 8.83. The van der Waals surface area contributed by atoms with E-state index < -0.39 is 23.4 Å². The van der Waals surface area contributed by atoms with Crippen LogP contribution in [0.25, 0.3) is 0 Å². The topological polar surface area (TPSA) is 108 Å². The van der Waals surface area contributed by atoms with Crippen LogP contribution >= 0.6 is 11.6 Å². The number of imide groups is 1. The van der Waals surface area contributed by atoms with Crippen molar-refractivity contribution in [2.24, 2.45) is 11.8 Å². The number of ether oxygens (including phenoxy) is 1. The second kappa shape index (κ2) is 7.58. The molecule has 2 saturated heterocycles. The number of halogens is 1. The molecule has 166 valence electrons. The van der Waals surface area contributed by atoms with Crippen LogP contribution in [0.15, 0.2) is 42.5 Å². The highest BCUT2D eigenvalue weighted by molar-refractivity contribution is 6.31. The molecule has 0 radical (unpaired) electrons. The number of hydrogen-bond donors (Lipinski definition) is 3. The third kappa shape index (κ3) is 2.94. The Hall–Kier alpha value is -2.94. The predicted molar refractivity (Wildman–Crippen MR) is 116 cm³/mol. The summed E-state index contributed by atoms with van der Waals surface area (Å²) in [5.41, 5.74) is 0.636. The third-order valence-corrected chi connectivity index (χ3v) is 6.91. The number of fused-ring (bicyclic) bond motifs is 4. The quantitative estimate of drug-likeness (QED) is 0.592. The van der Waals surface area contributed by atoms with Crippen molar-refractivity contribution in [3.05, 3.63) is 58.6 Å². The Balaban J connectivity index is 1.61. The smallest absolute Gasteiger partial charge is 0.250 e. The highest BCUT2D eigenvalue weighted by Crippen LogP contribution is 2.53. The monoisotopic (exact) mass is 455 g/mol. The van der Waals surface area contributed by atoms with Gasteiger partial charge in [0, 0.05) is 29.4 Å². The van der Waals surface area contributed by atoms with E-state index in [-0.39, 0.29) is 36.6 Å². The fraction of sp³-hybridized carbons (Fsp3) is 0.348. The van der Waals surface area contributed by atoms with Crippen LogP contribution in [0, 0.1) is 11.8 Å². The number of carbonyl (C=O) groups excluding carboxylic acids is 3. The van der Waals surface area contributed by atoms with E-state index in [4.69, 9.17) is 16.3 Å². The van der Waals surface area contributed by atoms with E-state index in [2.05, 4.69) is 10.6 Å². The average Bonchev–Trinajstić information content (AvgIpc) is 3.34. The lowest BCUT2D eigenvalue weighted by Crippen LogP contribution is -2.53. The molecule has 0 aliphatic carbocycles. The van der Waals surface area contributed by atoms with Crippen LogP contribution in [-0.4, -0.2) is 54.0 Å². The van der Waals surface area contributed by atoms with Crippen LogP contribution in [-0.2, 0) is 31.1 Å². The number of likely N-dealkylation sites (tertiary alicyclic amines) is 1. The summed E-state index contributed by atoms with van der Waals surface area (Å²) in [6, 6.07) is 11.3. The summed E-state index contributed by atoms with van der Waals surface area (Å²) >= 11 is 6.25. The molecule has 4 atom stereocenters. The van der Waals surface area contributed by atoms with Crippen molar-refractivity contribution in [1.29, 1.82) is 0 Å². The van der Waals surface area contributed by atoms with Crippen molar-refractivity contribution >= 4 is 35.0 Å². The molecule has 0 saturated carbocycles. The van der Waals surface area contributed by atoms with Crippen LogP contribution < -0.4 is 10.6 Å². The zero-order chi connectivity index (χ0) is 22.6. The van der Waals surface area contributed by atoms with Crippen LogP contribution in [0.1, 0.15) is 11.1 Å². The number of carbonyl (C=O) groups is 3. The summed E-state index contributed by atoms with van der Waals surface area (Å²) < 4.78 is 5.08. The molecule has 0 bridgehead atoms. The first-order valence-corrected chi connectivity index (χ1v) is 10.8. The van der Waals surface area contributed by atoms with Gasteiger partial charge >= 0.3 is 0 Å². The van der Waals surface area contributed by atoms with Crippen molar-refractivity contribution < 1.29 is 24.2 Å². The number of amides is 3. The van der Waals surface area contributed by atoms with E-state index in [0.29, 0.717) is 22.7 Å². The van der Waals surface area contributed by atoms with Crippen molar-refractivity contribution in [2.45, 2.75) is 18.0 Å². The van der Waals surface area contributed by atoms with Gasteiger partial charge in [-0.25, -0.2) is 0 Å². The molecule has 2 aromatic rings. The third-order valence-electron chi connectivity index (χ3n) is 6.68. The minimum Gasteiger partial charge on any atom is -0.508 e. The number of benzene rings is 2. The van der Waals surface area contributed by atoms with E-state index in [9.17, 15) is 19.5 Å². The molecule has 0 unspecified atom stereocenters. The molecule has 3 aliphatic rings. The van der Waals surface area contributed by atoms with E-state index in [1.807, 2.05) is 0 Å². The largest absolute Gasteiger partial charge is 0.508 e. The van der Waals surface area contributed by atoms with E-state index in [1.54, 1.807) is 42.5 Å². The normalized spacial score (nSPS) is 28.4. The zero-order valence-electron chi connectivity index (χ0n) is 17.3. The highest BCUT2D eigenvalue weighted by Gasteiger charge is 2.70. The van der Waals surface area contributed by atoms with Crippen molar-refractivity contribution in [3.8, 4) is 5.75 Å². The lowest BCUT2D eigenvalue weighted by molar-refractivity contribution is -0.143. The summed E-state index contributed by atoms with van der Waals surface area (Å²) in [4.78, 5) is 41.5. The minimum atomic E-state index is -1.39. The van der Waals surface area contributed by atoms with Gasteiger partial charge in [0.05, 0.1) is 25.0 Å². The van der Waals surface area contributed by atoms with E-state index in [1.165, 1.54) is 12.0 Å². The summed E-state index contributed by atoms with van der Waals surface area (Å²) in [5.74, 6) is -2.54. The number of phenols is 1. The summed E-state index contributed by atoms with van der Waals surface area (Å²) in [6.45, 7) is 0.349. The Morgan fingerprint density at radius 1 is 1.12 bits per heavy atom. The molecule has 2 fully saturated rings. The van der Waals surface area contributed by atoms with Crippen LogP contribution in [0.4, 0.5) is 5.69 Å². The van der Waals surface area contributed by atoms with Crippen molar-refractivity contribution in [3.63, 3.8) is 0 Å². The second-order valence-electron chi connectivity index (χ2n) is 8.40. The Bertz CT molecular complexity index is 1120. The summed E-state index contributed by atoms with van der Waals surface area (Å²) in [5, 5.41) is 16.3. The molecule has 32 heavy (non-hydrogen) atoms. The van der Waals surface area contributed by atoms with Gasteiger partial charge < -0.3 is 15.2 Å². The van der Waals surface area contributed by atoms with Gasteiger partial charge in [0.15, 0.2) is 0 Å². The van der Waals surface area contributed by atoms with Crippen LogP contribution in [0.3, 0.4) is 0 Å². The molecule has 8 nitrogen and oxygen atoms in total. The maximum Gasteiger partial charge on any atom is 0.250 e. The number of rotatable bonds is 5. The standard InChI is InChI=1S/C23H22ClN3O5/c1-32-9-8-27-20(29)18-17(10-12-2-5-14(28)6-3-12)26-23(19(18)21(27)30)15-11-13(24)4-7-16(15)25-22(23)31/h2-7,11,17-19,26,28H,8-10H2,1H3,(H,25,31)/t17-,18+,19-,23+/m0/s1. The molecule has 1 spiro atoms. The average molecular weight is 456 g/mol. The lowest BCUT2D eigenvalue weighted by Gasteiger charge is -2.29. The van der Waals surface area contributed by atoms with Gasteiger partial charge in [0.2, 0.25) is 17.7 Å². The Morgan fingerprint density at radius 3 is 2.59 bits per heavy atom. The number of hydrogen-bond acceptors (Lipinski definition) is 6.